The van der Waals surface area contributed by atoms with E-state index in [1.54, 1.807) is 6.07 Å². The second kappa shape index (κ2) is 7.67. The molecule has 1 aromatic carbocycles. The van der Waals surface area contributed by atoms with Gasteiger partial charge in [-0.15, -0.1) is 0 Å². The van der Waals surface area contributed by atoms with Crippen LogP contribution in [-0.4, -0.2) is 57.0 Å². The summed E-state index contributed by atoms with van der Waals surface area (Å²) in [7, 11) is 0. The van der Waals surface area contributed by atoms with E-state index in [0.29, 0.717) is 28.8 Å². The summed E-state index contributed by atoms with van der Waals surface area (Å²) in [6.07, 6.45) is 5.46. The SMILES string of the molecule is Cc1nc(Cl)cc(-n2ncc3cc(C)c(C4CCN(C5CCOC5)CC4)cc32)n1. The van der Waals surface area contributed by atoms with E-state index >= 15 is 0 Å². The van der Waals surface area contributed by atoms with Gasteiger partial charge in [-0.05, 0) is 75.4 Å². The minimum Gasteiger partial charge on any atom is -0.380 e. The van der Waals surface area contributed by atoms with Crippen molar-refractivity contribution in [2.45, 2.75) is 45.1 Å². The molecule has 0 aliphatic carbocycles. The molecule has 0 spiro atoms. The van der Waals surface area contributed by atoms with Crippen molar-refractivity contribution in [3.63, 3.8) is 0 Å². The van der Waals surface area contributed by atoms with Gasteiger partial charge in [0.1, 0.15) is 11.0 Å². The van der Waals surface area contributed by atoms with Crippen LogP contribution in [0.15, 0.2) is 24.4 Å². The standard InChI is InChI=1S/C22H26ClN5O/c1-14-9-17-12-24-28(22-11-21(23)25-15(2)26-22)20(17)10-19(14)16-3-6-27(7-4-16)18-5-8-29-13-18/h9-12,16,18H,3-8,13H2,1-2H3. The van der Waals surface area contributed by atoms with Gasteiger partial charge in [0.2, 0.25) is 0 Å². The van der Waals surface area contributed by atoms with Crippen LogP contribution >= 0.6 is 11.6 Å². The van der Waals surface area contributed by atoms with Crippen molar-refractivity contribution in [1.29, 1.82) is 0 Å². The maximum Gasteiger partial charge on any atom is 0.159 e. The highest BCUT2D eigenvalue weighted by Crippen LogP contribution is 2.34. The zero-order chi connectivity index (χ0) is 20.0. The molecule has 2 aliphatic heterocycles. The zero-order valence-corrected chi connectivity index (χ0v) is 17.7. The van der Waals surface area contributed by atoms with Gasteiger partial charge in [0.15, 0.2) is 5.82 Å². The van der Waals surface area contributed by atoms with E-state index in [0.717, 1.165) is 37.2 Å². The predicted molar refractivity (Wildman–Crippen MR) is 114 cm³/mol. The third-order valence-electron chi connectivity index (χ3n) is 6.36. The summed E-state index contributed by atoms with van der Waals surface area (Å²) >= 11 is 6.16. The molecule has 0 bridgehead atoms. The fourth-order valence-electron chi connectivity index (χ4n) is 4.84. The summed E-state index contributed by atoms with van der Waals surface area (Å²) in [6.45, 7) is 8.17. The molecule has 1 unspecified atom stereocenters. The Balaban J connectivity index is 1.45. The van der Waals surface area contributed by atoms with Crippen LogP contribution in [0.3, 0.4) is 0 Å². The molecule has 2 aromatic heterocycles. The van der Waals surface area contributed by atoms with Gasteiger partial charge in [-0.2, -0.15) is 5.10 Å². The molecule has 0 N–H and O–H groups in total. The second-order valence-corrected chi connectivity index (χ2v) is 8.63. The van der Waals surface area contributed by atoms with Crippen LogP contribution in [0.2, 0.25) is 5.15 Å². The van der Waals surface area contributed by atoms with E-state index in [1.807, 2.05) is 17.8 Å². The lowest BCUT2D eigenvalue weighted by Gasteiger charge is -2.36. The Morgan fingerprint density at radius 3 is 2.62 bits per heavy atom. The number of nitrogens with zero attached hydrogens (tertiary/aromatic N) is 5. The van der Waals surface area contributed by atoms with Crippen molar-refractivity contribution in [2.75, 3.05) is 26.3 Å². The van der Waals surface area contributed by atoms with Gasteiger partial charge in [0.05, 0.1) is 18.3 Å². The third-order valence-corrected chi connectivity index (χ3v) is 6.55. The number of ether oxygens (including phenoxy) is 1. The lowest BCUT2D eigenvalue weighted by molar-refractivity contribution is 0.122. The van der Waals surface area contributed by atoms with Crippen molar-refractivity contribution in [3.8, 4) is 5.82 Å². The second-order valence-electron chi connectivity index (χ2n) is 8.25. The van der Waals surface area contributed by atoms with Gasteiger partial charge in [-0.3, -0.25) is 4.90 Å². The number of aromatic nitrogens is 4. The molecule has 0 radical (unpaired) electrons. The molecule has 3 aromatic rings. The number of fused-ring (bicyclic) bond motifs is 1. The summed E-state index contributed by atoms with van der Waals surface area (Å²) in [5.41, 5.74) is 3.85. The minimum absolute atomic E-state index is 0.437. The Kier molecular flexibility index (Phi) is 5.02. The van der Waals surface area contributed by atoms with E-state index in [1.165, 1.54) is 30.4 Å². The Labute approximate surface area is 175 Å². The molecule has 6 nitrogen and oxygen atoms in total. The molecular weight excluding hydrogens is 386 g/mol. The molecule has 5 rings (SSSR count). The topological polar surface area (TPSA) is 56.1 Å². The van der Waals surface area contributed by atoms with Crippen LogP contribution in [-0.2, 0) is 4.74 Å². The number of piperidine rings is 1. The smallest absolute Gasteiger partial charge is 0.159 e. The molecule has 1 atom stereocenters. The van der Waals surface area contributed by atoms with Crippen molar-refractivity contribution in [3.05, 3.63) is 46.5 Å². The fourth-order valence-corrected chi connectivity index (χ4v) is 5.06. The third kappa shape index (κ3) is 3.65. The van der Waals surface area contributed by atoms with E-state index in [9.17, 15) is 0 Å². The maximum absolute atomic E-state index is 6.16. The van der Waals surface area contributed by atoms with Crippen molar-refractivity contribution < 1.29 is 4.74 Å². The lowest BCUT2D eigenvalue weighted by Crippen LogP contribution is -2.41. The van der Waals surface area contributed by atoms with Crippen LogP contribution in [0.25, 0.3) is 16.7 Å². The molecule has 0 amide bonds. The maximum atomic E-state index is 6.16. The van der Waals surface area contributed by atoms with Crippen LogP contribution in [0.4, 0.5) is 0 Å². The highest BCUT2D eigenvalue weighted by Gasteiger charge is 2.29. The molecule has 2 aliphatic rings. The van der Waals surface area contributed by atoms with Gasteiger partial charge in [-0.1, -0.05) is 11.6 Å². The lowest BCUT2D eigenvalue weighted by atomic mass is 9.86. The first-order valence-corrected chi connectivity index (χ1v) is 10.8. The van der Waals surface area contributed by atoms with Gasteiger partial charge in [0, 0.05) is 24.1 Å². The number of rotatable bonds is 3. The van der Waals surface area contributed by atoms with Crippen molar-refractivity contribution in [2.24, 2.45) is 0 Å². The van der Waals surface area contributed by atoms with Crippen LogP contribution < -0.4 is 0 Å². The number of aryl methyl sites for hydroxylation is 2. The number of hydrogen-bond donors (Lipinski definition) is 0. The van der Waals surface area contributed by atoms with Crippen molar-refractivity contribution in [1.82, 2.24) is 24.6 Å². The van der Waals surface area contributed by atoms with Gasteiger partial charge in [-0.25, -0.2) is 14.6 Å². The monoisotopic (exact) mass is 411 g/mol. The van der Waals surface area contributed by atoms with E-state index < -0.39 is 0 Å². The summed E-state index contributed by atoms with van der Waals surface area (Å²) in [5, 5.41) is 6.15. The highest BCUT2D eigenvalue weighted by atomic mass is 35.5. The minimum atomic E-state index is 0.437. The van der Waals surface area contributed by atoms with E-state index in [2.05, 4.69) is 39.0 Å². The molecule has 29 heavy (non-hydrogen) atoms. The van der Waals surface area contributed by atoms with Crippen LogP contribution in [0.1, 0.15) is 42.1 Å². The number of benzene rings is 1. The van der Waals surface area contributed by atoms with Gasteiger partial charge < -0.3 is 4.74 Å². The summed E-state index contributed by atoms with van der Waals surface area (Å²) in [5.74, 6) is 1.94. The Hall–Kier alpha value is -2.02. The highest BCUT2D eigenvalue weighted by molar-refractivity contribution is 6.29. The summed E-state index contributed by atoms with van der Waals surface area (Å²) in [6, 6.07) is 6.94. The molecule has 2 fully saturated rings. The van der Waals surface area contributed by atoms with Crippen LogP contribution in [0, 0.1) is 13.8 Å². The number of hydrogen-bond acceptors (Lipinski definition) is 5. The Morgan fingerprint density at radius 2 is 1.90 bits per heavy atom. The summed E-state index contributed by atoms with van der Waals surface area (Å²) < 4.78 is 7.46. The molecular formula is C22H26ClN5O. The first kappa shape index (κ1) is 19.0. The molecule has 0 saturated carbocycles. The van der Waals surface area contributed by atoms with Gasteiger partial charge in [0.25, 0.3) is 0 Å². The predicted octanol–water partition coefficient (Wildman–Crippen LogP) is 4.05. The number of halogens is 1. The normalized spacial score (nSPS) is 21.3. The Bertz CT molecular complexity index is 1010. The largest absolute Gasteiger partial charge is 0.380 e. The molecule has 4 heterocycles. The Morgan fingerprint density at radius 1 is 1.07 bits per heavy atom. The zero-order valence-electron chi connectivity index (χ0n) is 16.9. The molecule has 152 valence electrons. The average molecular weight is 412 g/mol. The van der Waals surface area contributed by atoms with Gasteiger partial charge >= 0.3 is 0 Å². The quantitative estimate of drug-likeness (QED) is 0.608. The fraction of sp³-hybridized carbons (Fsp3) is 0.500. The van der Waals surface area contributed by atoms with Crippen LogP contribution in [0.5, 0.6) is 0 Å². The first-order chi connectivity index (χ1) is 14.1. The van der Waals surface area contributed by atoms with Crippen molar-refractivity contribution >= 4 is 22.5 Å². The van der Waals surface area contributed by atoms with E-state index in [-0.39, 0.29) is 0 Å². The molecule has 7 heteroatoms. The van der Waals surface area contributed by atoms with E-state index in [4.69, 9.17) is 16.3 Å². The number of likely N-dealkylation sites (tertiary alicyclic amines) is 1. The molecule has 2 saturated heterocycles. The average Bonchev–Trinajstić information content (AvgIpc) is 3.36. The summed E-state index contributed by atoms with van der Waals surface area (Å²) in [4.78, 5) is 11.3. The first-order valence-electron chi connectivity index (χ1n) is 10.4.